The average molecular weight is 205 g/mol. The van der Waals surface area contributed by atoms with E-state index in [-0.39, 0.29) is 0 Å². The first-order chi connectivity index (χ1) is 7.09. The number of fused-ring (bicyclic) bond motifs is 1. The Kier molecular flexibility index (Phi) is 2.34. The molecule has 0 saturated heterocycles. The van der Waals surface area contributed by atoms with Gasteiger partial charge in [0.2, 0.25) is 5.95 Å². The van der Waals surface area contributed by atoms with Crippen molar-refractivity contribution in [2.75, 3.05) is 5.73 Å². The Bertz CT molecular complexity index is 476. The van der Waals surface area contributed by atoms with Crippen LogP contribution in [0.4, 0.5) is 5.95 Å². The van der Waals surface area contributed by atoms with Gasteiger partial charge in [0.25, 0.3) is 0 Å². The molecule has 0 fully saturated rings. The first-order valence-corrected chi connectivity index (χ1v) is 5.10. The Morgan fingerprint density at radius 2 is 2.00 bits per heavy atom. The van der Waals surface area contributed by atoms with E-state index in [1.165, 1.54) is 0 Å². The van der Waals surface area contributed by atoms with Crippen molar-refractivity contribution < 1.29 is 4.42 Å². The number of nitrogens with zero attached hydrogens (tertiary/aromatic N) is 2. The normalized spacial score (nSPS) is 13.6. The lowest BCUT2D eigenvalue weighted by Gasteiger charge is -2.14. The fourth-order valence-corrected chi connectivity index (χ4v) is 1.53. The number of rotatable bonds is 2. The molecule has 0 aliphatic carbocycles. The molecular formula is C11H15N3O. The lowest BCUT2D eigenvalue weighted by Crippen LogP contribution is -2.07. The van der Waals surface area contributed by atoms with Crippen LogP contribution < -0.4 is 5.73 Å². The summed E-state index contributed by atoms with van der Waals surface area (Å²) >= 11 is 0. The van der Waals surface area contributed by atoms with Gasteiger partial charge in [-0.2, -0.15) is 0 Å². The van der Waals surface area contributed by atoms with Crippen molar-refractivity contribution >= 4 is 17.0 Å². The van der Waals surface area contributed by atoms with Crippen molar-refractivity contribution in [2.45, 2.75) is 26.7 Å². The summed E-state index contributed by atoms with van der Waals surface area (Å²) in [4.78, 5) is 8.38. The second-order valence-electron chi connectivity index (χ2n) is 4.13. The molecule has 80 valence electrons. The maximum absolute atomic E-state index is 5.66. The first kappa shape index (κ1) is 9.96. The van der Waals surface area contributed by atoms with Gasteiger partial charge in [-0.05, 0) is 5.92 Å². The van der Waals surface area contributed by atoms with Gasteiger partial charge in [0, 0.05) is 12.0 Å². The number of aromatic nitrogens is 2. The molecule has 0 saturated carbocycles. The Morgan fingerprint density at radius 3 is 2.67 bits per heavy atom. The van der Waals surface area contributed by atoms with Gasteiger partial charge in [-0.3, -0.25) is 0 Å². The van der Waals surface area contributed by atoms with Crippen LogP contribution in [0.25, 0.3) is 11.1 Å². The second-order valence-corrected chi connectivity index (χ2v) is 4.13. The van der Waals surface area contributed by atoms with E-state index >= 15 is 0 Å². The van der Waals surface area contributed by atoms with Gasteiger partial charge in [0.05, 0.1) is 12.0 Å². The van der Waals surface area contributed by atoms with Crippen LogP contribution in [-0.2, 0) is 0 Å². The van der Waals surface area contributed by atoms with Gasteiger partial charge < -0.3 is 10.2 Å². The summed E-state index contributed by atoms with van der Waals surface area (Å²) in [6, 6.07) is 1.81. The number of hydrogen-bond donors (Lipinski definition) is 1. The minimum absolute atomic E-state index is 0.309. The van der Waals surface area contributed by atoms with Crippen LogP contribution in [-0.4, -0.2) is 9.97 Å². The van der Waals surface area contributed by atoms with E-state index in [0.717, 1.165) is 16.8 Å². The first-order valence-electron chi connectivity index (χ1n) is 5.10. The van der Waals surface area contributed by atoms with Crippen molar-refractivity contribution in [3.05, 3.63) is 18.0 Å². The topological polar surface area (TPSA) is 64.9 Å². The third-order valence-electron chi connectivity index (χ3n) is 2.78. The molecule has 4 nitrogen and oxygen atoms in total. The summed E-state index contributed by atoms with van der Waals surface area (Å²) < 4.78 is 5.39. The number of anilines is 1. The van der Waals surface area contributed by atoms with Gasteiger partial charge in [-0.15, -0.1) is 0 Å². The zero-order chi connectivity index (χ0) is 11.0. The maximum atomic E-state index is 5.66. The zero-order valence-electron chi connectivity index (χ0n) is 9.19. The smallest absolute Gasteiger partial charge is 0.221 e. The predicted molar refractivity (Wildman–Crippen MR) is 59.5 cm³/mol. The zero-order valence-corrected chi connectivity index (χ0v) is 9.19. The van der Waals surface area contributed by atoms with Gasteiger partial charge in [0.1, 0.15) is 5.52 Å². The van der Waals surface area contributed by atoms with Crippen LogP contribution in [0.5, 0.6) is 0 Å². The van der Waals surface area contributed by atoms with Crippen molar-refractivity contribution in [3.63, 3.8) is 0 Å². The van der Waals surface area contributed by atoms with Gasteiger partial charge in [-0.1, -0.05) is 20.8 Å². The quantitative estimate of drug-likeness (QED) is 0.818. The number of nitrogens with two attached hydrogens (primary N) is 1. The minimum Gasteiger partial charge on any atom is -0.461 e. The van der Waals surface area contributed by atoms with E-state index in [4.69, 9.17) is 10.2 Å². The highest BCUT2D eigenvalue weighted by Crippen LogP contribution is 2.28. The molecule has 2 rings (SSSR count). The largest absolute Gasteiger partial charge is 0.461 e. The Balaban J connectivity index is 2.62. The Morgan fingerprint density at radius 1 is 1.27 bits per heavy atom. The molecule has 2 aromatic rings. The van der Waals surface area contributed by atoms with Gasteiger partial charge in [-0.25, -0.2) is 9.97 Å². The highest BCUT2D eigenvalue weighted by molar-refractivity contribution is 5.76. The number of nitrogen functional groups attached to an aromatic ring is 1. The molecular weight excluding hydrogens is 190 g/mol. The van der Waals surface area contributed by atoms with E-state index in [0.29, 0.717) is 17.8 Å². The molecule has 1 unspecified atom stereocenters. The van der Waals surface area contributed by atoms with Crippen LogP contribution >= 0.6 is 0 Å². The van der Waals surface area contributed by atoms with Crippen LogP contribution in [0.2, 0.25) is 0 Å². The van der Waals surface area contributed by atoms with E-state index in [9.17, 15) is 0 Å². The van der Waals surface area contributed by atoms with Crippen molar-refractivity contribution in [3.8, 4) is 0 Å². The molecule has 4 heteroatoms. The summed E-state index contributed by atoms with van der Waals surface area (Å²) in [5, 5.41) is 0. The highest BCUT2D eigenvalue weighted by Gasteiger charge is 2.18. The molecule has 0 spiro atoms. The van der Waals surface area contributed by atoms with Crippen molar-refractivity contribution in [1.82, 2.24) is 9.97 Å². The highest BCUT2D eigenvalue weighted by atomic mass is 16.3. The van der Waals surface area contributed by atoms with Crippen LogP contribution in [0.1, 0.15) is 32.4 Å². The standard InChI is InChI=1S/C11H15N3O/c1-6(2)7(3)9-10-8(4-5-15-10)13-11(12)14-9/h4-7H,1-3H3,(H2,12,13,14). The summed E-state index contributed by atoms with van der Waals surface area (Å²) in [5.74, 6) is 1.11. The molecule has 2 N–H and O–H groups in total. The molecule has 15 heavy (non-hydrogen) atoms. The van der Waals surface area contributed by atoms with Crippen LogP contribution in [0.3, 0.4) is 0 Å². The van der Waals surface area contributed by atoms with Crippen molar-refractivity contribution in [1.29, 1.82) is 0 Å². The van der Waals surface area contributed by atoms with Crippen LogP contribution in [0, 0.1) is 5.92 Å². The molecule has 1 atom stereocenters. The molecule has 0 aromatic carbocycles. The third-order valence-corrected chi connectivity index (χ3v) is 2.78. The van der Waals surface area contributed by atoms with E-state index in [2.05, 4.69) is 30.7 Å². The van der Waals surface area contributed by atoms with Gasteiger partial charge >= 0.3 is 0 Å². The monoisotopic (exact) mass is 205 g/mol. The third kappa shape index (κ3) is 1.67. The summed E-state index contributed by atoms with van der Waals surface area (Å²) in [7, 11) is 0. The van der Waals surface area contributed by atoms with E-state index < -0.39 is 0 Å². The molecule has 2 aromatic heterocycles. The maximum Gasteiger partial charge on any atom is 0.221 e. The average Bonchev–Trinajstić information content (AvgIpc) is 2.62. The Hall–Kier alpha value is -1.58. The summed E-state index contributed by atoms with van der Waals surface area (Å²) in [6.45, 7) is 6.42. The lowest BCUT2D eigenvalue weighted by atomic mass is 9.94. The van der Waals surface area contributed by atoms with E-state index in [1.54, 1.807) is 6.26 Å². The number of hydrogen-bond acceptors (Lipinski definition) is 4. The second kappa shape index (κ2) is 3.53. The van der Waals surface area contributed by atoms with E-state index in [1.807, 2.05) is 6.07 Å². The SMILES string of the molecule is CC(C)C(C)c1nc(N)nc2ccoc12. The minimum atomic E-state index is 0.309. The van der Waals surface area contributed by atoms with Gasteiger partial charge in [0.15, 0.2) is 5.58 Å². The molecule has 0 aliphatic rings. The molecule has 0 bridgehead atoms. The summed E-state index contributed by atoms with van der Waals surface area (Å²) in [5.41, 5.74) is 8.10. The fourth-order valence-electron chi connectivity index (χ4n) is 1.53. The lowest BCUT2D eigenvalue weighted by molar-refractivity contribution is 0.513. The molecule has 0 aliphatic heterocycles. The fraction of sp³-hybridized carbons (Fsp3) is 0.455. The van der Waals surface area contributed by atoms with Crippen LogP contribution in [0.15, 0.2) is 16.7 Å². The summed E-state index contributed by atoms with van der Waals surface area (Å²) in [6.07, 6.45) is 1.62. The Labute approximate surface area is 88.5 Å². The predicted octanol–water partition coefficient (Wildman–Crippen LogP) is 2.56. The molecule has 0 amide bonds. The molecule has 2 heterocycles. The van der Waals surface area contributed by atoms with Crippen molar-refractivity contribution in [2.24, 2.45) is 5.92 Å². The number of furan rings is 1. The molecule has 0 radical (unpaired) electrons.